The van der Waals surface area contributed by atoms with Gasteiger partial charge in [0.05, 0.1) is 20.3 Å². The monoisotopic (exact) mass is 265 g/mol. The first-order valence-corrected chi connectivity index (χ1v) is 7.00. The lowest BCUT2D eigenvalue weighted by molar-refractivity contribution is 0.315. The van der Waals surface area contributed by atoms with Crippen LogP contribution < -0.4 is 14.8 Å². The zero-order chi connectivity index (χ0) is 13.7. The molecule has 0 spiro atoms. The summed E-state index contributed by atoms with van der Waals surface area (Å²) in [7, 11) is 3.20. The third-order valence-corrected chi connectivity index (χ3v) is 3.85. The Labute approximate surface area is 114 Å². The van der Waals surface area contributed by atoms with Crippen molar-refractivity contribution in [2.24, 2.45) is 5.92 Å². The molecule has 1 fully saturated rings. The fraction of sp³-hybridized carbons (Fsp3) is 0.714. The lowest BCUT2D eigenvalue weighted by atomic mass is 9.83. The van der Waals surface area contributed by atoms with Gasteiger partial charge in [-0.25, -0.2) is 0 Å². The molecule has 5 nitrogen and oxygen atoms in total. The predicted octanol–water partition coefficient (Wildman–Crippen LogP) is 2.87. The van der Waals surface area contributed by atoms with E-state index in [0.29, 0.717) is 29.7 Å². The molecule has 1 aliphatic carbocycles. The van der Waals surface area contributed by atoms with Gasteiger partial charge in [-0.15, -0.1) is 0 Å². The quantitative estimate of drug-likeness (QED) is 0.887. The highest BCUT2D eigenvalue weighted by molar-refractivity contribution is 5.34. The number of methoxy groups -OCH3 is 2. The van der Waals surface area contributed by atoms with Crippen LogP contribution in [0.15, 0.2) is 6.07 Å². The molecule has 5 heteroatoms. The lowest BCUT2D eigenvalue weighted by Crippen LogP contribution is -2.32. The largest absolute Gasteiger partial charge is 0.481 e. The van der Waals surface area contributed by atoms with E-state index < -0.39 is 0 Å². The Morgan fingerprint density at radius 1 is 1.16 bits per heavy atom. The Bertz CT molecular complexity index is 389. The zero-order valence-corrected chi connectivity index (χ0v) is 12.0. The smallest absolute Gasteiger partial charge is 0.229 e. The highest BCUT2D eigenvalue weighted by Crippen LogP contribution is 2.29. The molecule has 2 rings (SSSR count). The Kier molecular flexibility index (Phi) is 4.82. The van der Waals surface area contributed by atoms with Crippen molar-refractivity contribution in [3.05, 3.63) is 6.07 Å². The number of rotatable bonds is 5. The molecular weight excluding hydrogens is 242 g/mol. The maximum absolute atomic E-state index is 5.17. The third-order valence-electron chi connectivity index (χ3n) is 3.85. The average Bonchev–Trinajstić information content (AvgIpc) is 2.47. The lowest BCUT2D eigenvalue weighted by Gasteiger charge is -2.31. The Morgan fingerprint density at radius 3 is 2.37 bits per heavy atom. The summed E-state index contributed by atoms with van der Waals surface area (Å²) in [6.45, 7) is 2.25. The van der Waals surface area contributed by atoms with Crippen molar-refractivity contribution in [1.82, 2.24) is 9.97 Å². The molecule has 1 saturated carbocycles. The van der Waals surface area contributed by atoms with Crippen molar-refractivity contribution < 1.29 is 9.47 Å². The highest BCUT2D eigenvalue weighted by atomic mass is 16.5. The Morgan fingerprint density at radius 2 is 1.79 bits per heavy atom. The van der Waals surface area contributed by atoms with Crippen LogP contribution in [0, 0.1) is 5.92 Å². The van der Waals surface area contributed by atoms with E-state index in [4.69, 9.17) is 9.47 Å². The molecule has 19 heavy (non-hydrogen) atoms. The van der Waals surface area contributed by atoms with E-state index in [-0.39, 0.29) is 0 Å². The topological polar surface area (TPSA) is 56.3 Å². The molecule has 0 radical (unpaired) electrons. The summed E-state index contributed by atoms with van der Waals surface area (Å²) in [6.07, 6.45) is 6.27. The van der Waals surface area contributed by atoms with Gasteiger partial charge in [0.2, 0.25) is 17.7 Å². The van der Waals surface area contributed by atoms with Crippen LogP contribution in [0.2, 0.25) is 0 Å². The maximum atomic E-state index is 5.17. The van der Waals surface area contributed by atoms with Gasteiger partial charge in [-0.05, 0) is 18.8 Å². The second-order valence-electron chi connectivity index (χ2n) is 4.98. The normalized spacial score (nSPS) is 22.9. The highest BCUT2D eigenvalue weighted by Gasteiger charge is 2.24. The van der Waals surface area contributed by atoms with Crippen LogP contribution in [0.5, 0.6) is 11.8 Å². The van der Waals surface area contributed by atoms with E-state index in [1.807, 2.05) is 0 Å². The first kappa shape index (κ1) is 13.9. The Hall–Kier alpha value is -1.52. The summed E-state index contributed by atoms with van der Waals surface area (Å²) >= 11 is 0. The van der Waals surface area contributed by atoms with Gasteiger partial charge in [-0.1, -0.05) is 26.2 Å². The minimum absolute atomic E-state index is 0.454. The van der Waals surface area contributed by atoms with E-state index in [1.165, 1.54) is 32.1 Å². The molecule has 0 bridgehead atoms. The van der Waals surface area contributed by atoms with Crippen LogP contribution in [-0.4, -0.2) is 30.2 Å². The third kappa shape index (κ3) is 3.49. The summed E-state index contributed by atoms with van der Waals surface area (Å²) in [6, 6.07) is 2.14. The number of anilines is 1. The van der Waals surface area contributed by atoms with Gasteiger partial charge in [0.25, 0.3) is 0 Å². The average molecular weight is 265 g/mol. The summed E-state index contributed by atoms with van der Waals surface area (Å²) < 4.78 is 10.3. The second kappa shape index (κ2) is 6.59. The van der Waals surface area contributed by atoms with Crippen LogP contribution in [0.25, 0.3) is 0 Å². The molecule has 0 amide bonds. The molecule has 2 atom stereocenters. The molecule has 1 heterocycles. The van der Waals surface area contributed by atoms with Gasteiger partial charge < -0.3 is 14.8 Å². The Balaban J connectivity index is 2.12. The molecule has 1 aromatic heterocycles. The van der Waals surface area contributed by atoms with Gasteiger partial charge in [0.1, 0.15) is 0 Å². The summed E-state index contributed by atoms with van der Waals surface area (Å²) in [5.74, 6) is 2.35. The van der Waals surface area contributed by atoms with Crippen LogP contribution in [0.4, 0.5) is 5.95 Å². The van der Waals surface area contributed by atoms with E-state index in [1.54, 1.807) is 20.3 Å². The molecule has 0 saturated heterocycles. The molecule has 106 valence electrons. The van der Waals surface area contributed by atoms with Crippen LogP contribution >= 0.6 is 0 Å². The van der Waals surface area contributed by atoms with E-state index >= 15 is 0 Å². The van der Waals surface area contributed by atoms with Crippen LogP contribution in [0.3, 0.4) is 0 Å². The molecular formula is C14H23N3O2. The van der Waals surface area contributed by atoms with E-state index in [9.17, 15) is 0 Å². The van der Waals surface area contributed by atoms with E-state index in [0.717, 1.165) is 0 Å². The number of nitrogens with one attached hydrogen (secondary N) is 1. The fourth-order valence-corrected chi connectivity index (χ4v) is 2.73. The van der Waals surface area contributed by atoms with Crippen molar-refractivity contribution >= 4 is 5.95 Å². The zero-order valence-electron chi connectivity index (χ0n) is 12.0. The van der Waals surface area contributed by atoms with Crippen LogP contribution in [-0.2, 0) is 0 Å². The van der Waals surface area contributed by atoms with Gasteiger partial charge in [-0.2, -0.15) is 9.97 Å². The summed E-state index contributed by atoms with van der Waals surface area (Å²) in [5.41, 5.74) is 0. The SMILES string of the molecule is CCC1CCCCC1Nc1nc(OC)cc(OC)n1. The molecule has 0 aromatic carbocycles. The van der Waals surface area contributed by atoms with Gasteiger partial charge in [0.15, 0.2) is 0 Å². The van der Waals surface area contributed by atoms with Crippen LogP contribution in [0.1, 0.15) is 39.0 Å². The minimum atomic E-state index is 0.454. The first-order chi connectivity index (χ1) is 9.26. The molecule has 1 N–H and O–H groups in total. The van der Waals surface area contributed by atoms with Crippen molar-refractivity contribution in [2.75, 3.05) is 19.5 Å². The predicted molar refractivity (Wildman–Crippen MR) is 74.8 cm³/mol. The number of ether oxygens (including phenoxy) is 2. The molecule has 1 aromatic rings. The summed E-state index contributed by atoms with van der Waals surface area (Å²) in [4.78, 5) is 8.68. The number of nitrogens with zero attached hydrogens (tertiary/aromatic N) is 2. The second-order valence-corrected chi connectivity index (χ2v) is 4.98. The van der Waals surface area contributed by atoms with E-state index in [2.05, 4.69) is 22.2 Å². The summed E-state index contributed by atoms with van der Waals surface area (Å²) in [5, 5.41) is 3.45. The fourth-order valence-electron chi connectivity index (χ4n) is 2.73. The first-order valence-electron chi connectivity index (χ1n) is 7.00. The maximum Gasteiger partial charge on any atom is 0.229 e. The van der Waals surface area contributed by atoms with Crippen molar-refractivity contribution in [2.45, 2.75) is 45.1 Å². The van der Waals surface area contributed by atoms with Crippen molar-refractivity contribution in [1.29, 1.82) is 0 Å². The number of hydrogen-bond donors (Lipinski definition) is 1. The molecule has 0 aliphatic heterocycles. The van der Waals surface area contributed by atoms with Gasteiger partial charge in [-0.3, -0.25) is 0 Å². The van der Waals surface area contributed by atoms with Crippen molar-refractivity contribution in [3.63, 3.8) is 0 Å². The van der Waals surface area contributed by atoms with Gasteiger partial charge in [0, 0.05) is 6.04 Å². The molecule has 2 unspecified atom stereocenters. The van der Waals surface area contributed by atoms with Crippen molar-refractivity contribution in [3.8, 4) is 11.8 Å². The standard InChI is InChI=1S/C14H23N3O2/c1-4-10-7-5-6-8-11(10)15-14-16-12(18-2)9-13(17-14)19-3/h9-11H,4-8H2,1-3H3,(H,15,16,17). The number of aromatic nitrogens is 2. The molecule has 1 aliphatic rings. The van der Waals surface area contributed by atoms with Gasteiger partial charge >= 0.3 is 0 Å². The minimum Gasteiger partial charge on any atom is -0.481 e. The number of hydrogen-bond acceptors (Lipinski definition) is 5.